The van der Waals surface area contributed by atoms with Crippen LogP contribution in [0.4, 0.5) is 15.8 Å². The Morgan fingerprint density at radius 3 is 2.35 bits per heavy atom. The summed E-state index contributed by atoms with van der Waals surface area (Å²) in [6.45, 7) is 6.33. The number of rotatable bonds is 4. The number of aryl methyl sites for hydroxylation is 1. The van der Waals surface area contributed by atoms with Crippen LogP contribution in [0.2, 0.25) is 0 Å². The number of hydrogen-bond acceptors (Lipinski definition) is 2. The molecule has 0 aliphatic carbocycles. The average Bonchev–Trinajstić information content (AvgIpc) is 2.41. The van der Waals surface area contributed by atoms with Crippen molar-refractivity contribution in [3.63, 3.8) is 0 Å². The van der Waals surface area contributed by atoms with E-state index >= 15 is 0 Å². The summed E-state index contributed by atoms with van der Waals surface area (Å²) in [6.07, 6.45) is -0.842. The Labute approximate surface area is 119 Å². The summed E-state index contributed by atoms with van der Waals surface area (Å²) >= 11 is 0. The summed E-state index contributed by atoms with van der Waals surface area (Å²) in [5, 5.41) is 9.85. The van der Waals surface area contributed by atoms with E-state index in [1.807, 2.05) is 49.1 Å². The van der Waals surface area contributed by atoms with E-state index in [0.29, 0.717) is 17.8 Å². The van der Waals surface area contributed by atoms with Gasteiger partial charge in [-0.25, -0.2) is 4.39 Å². The van der Waals surface area contributed by atoms with E-state index in [0.717, 1.165) is 5.69 Å². The standard InChI is InChI=1S/C17H20FNO/c1-4-19(14-10-8-12(2)9-11-14)16-7-5-6-15(18)17(16)13(3)20/h5-11,13,20H,4H2,1-3H3. The Hall–Kier alpha value is -1.87. The van der Waals surface area contributed by atoms with Crippen LogP contribution >= 0.6 is 0 Å². The molecule has 0 saturated carbocycles. The van der Waals surface area contributed by atoms with Crippen LogP contribution in [0.5, 0.6) is 0 Å². The van der Waals surface area contributed by atoms with Crippen molar-refractivity contribution in [2.75, 3.05) is 11.4 Å². The number of nitrogens with zero attached hydrogens (tertiary/aromatic N) is 1. The van der Waals surface area contributed by atoms with Gasteiger partial charge in [-0.2, -0.15) is 0 Å². The maximum Gasteiger partial charge on any atom is 0.131 e. The van der Waals surface area contributed by atoms with Crippen molar-refractivity contribution in [3.05, 3.63) is 59.4 Å². The molecular weight excluding hydrogens is 253 g/mol. The van der Waals surface area contributed by atoms with Gasteiger partial charge >= 0.3 is 0 Å². The van der Waals surface area contributed by atoms with Crippen molar-refractivity contribution in [1.82, 2.24) is 0 Å². The molecule has 1 atom stereocenters. The van der Waals surface area contributed by atoms with Crippen molar-refractivity contribution in [3.8, 4) is 0 Å². The maximum atomic E-state index is 14.0. The molecule has 0 amide bonds. The van der Waals surface area contributed by atoms with Gasteiger partial charge in [-0.05, 0) is 45.0 Å². The SMILES string of the molecule is CCN(c1ccc(C)cc1)c1cccc(F)c1C(C)O. The van der Waals surface area contributed by atoms with E-state index in [9.17, 15) is 9.50 Å². The monoisotopic (exact) mass is 273 g/mol. The van der Waals surface area contributed by atoms with Crippen LogP contribution < -0.4 is 4.90 Å². The highest BCUT2D eigenvalue weighted by Gasteiger charge is 2.18. The van der Waals surface area contributed by atoms with Crippen molar-refractivity contribution in [2.45, 2.75) is 26.9 Å². The Kier molecular flexibility index (Phi) is 4.40. The molecule has 0 radical (unpaired) electrons. The number of benzene rings is 2. The van der Waals surface area contributed by atoms with Crippen molar-refractivity contribution in [2.24, 2.45) is 0 Å². The average molecular weight is 273 g/mol. The Balaban J connectivity index is 2.52. The molecule has 0 aliphatic rings. The fourth-order valence-electron chi connectivity index (χ4n) is 2.39. The minimum absolute atomic E-state index is 0.343. The minimum Gasteiger partial charge on any atom is -0.389 e. The predicted octanol–water partition coefficient (Wildman–Crippen LogP) is 4.35. The minimum atomic E-state index is -0.842. The van der Waals surface area contributed by atoms with E-state index in [1.165, 1.54) is 11.6 Å². The third-order valence-corrected chi connectivity index (χ3v) is 3.40. The van der Waals surface area contributed by atoms with Gasteiger partial charge in [-0.15, -0.1) is 0 Å². The zero-order chi connectivity index (χ0) is 14.7. The molecule has 0 fully saturated rings. The fourth-order valence-corrected chi connectivity index (χ4v) is 2.39. The van der Waals surface area contributed by atoms with Gasteiger partial charge in [0.25, 0.3) is 0 Å². The Bertz CT molecular complexity index is 578. The van der Waals surface area contributed by atoms with E-state index in [-0.39, 0.29) is 5.82 Å². The lowest BCUT2D eigenvalue weighted by molar-refractivity contribution is 0.194. The molecule has 2 nitrogen and oxygen atoms in total. The lowest BCUT2D eigenvalue weighted by Gasteiger charge is -2.27. The summed E-state index contributed by atoms with van der Waals surface area (Å²) < 4.78 is 14.0. The van der Waals surface area contributed by atoms with Gasteiger partial charge in [0.05, 0.1) is 6.10 Å². The van der Waals surface area contributed by atoms with Crippen LogP contribution in [-0.4, -0.2) is 11.7 Å². The highest BCUT2D eigenvalue weighted by molar-refractivity contribution is 5.67. The molecular formula is C17H20FNO. The first-order chi connectivity index (χ1) is 9.54. The van der Waals surface area contributed by atoms with Gasteiger partial charge in [0.2, 0.25) is 0 Å². The first kappa shape index (κ1) is 14.5. The lowest BCUT2D eigenvalue weighted by Crippen LogP contribution is -2.19. The van der Waals surface area contributed by atoms with E-state index in [1.54, 1.807) is 13.0 Å². The Morgan fingerprint density at radius 2 is 1.80 bits per heavy atom. The van der Waals surface area contributed by atoms with Crippen LogP contribution in [0.15, 0.2) is 42.5 Å². The van der Waals surface area contributed by atoms with Gasteiger partial charge in [-0.1, -0.05) is 23.8 Å². The molecule has 1 N–H and O–H groups in total. The molecule has 0 heterocycles. The second-order valence-corrected chi connectivity index (χ2v) is 4.93. The quantitative estimate of drug-likeness (QED) is 0.895. The normalized spacial score (nSPS) is 12.2. The number of aliphatic hydroxyl groups is 1. The summed E-state index contributed by atoms with van der Waals surface area (Å²) in [4.78, 5) is 2.00. The van der Waals surface area contributed by atoms with Crippen LogP contribution in [0.25, 0.3) is 0 Å². The molecule has 2 rings (SSSR count). The summed E-state index contributed by atoms with van der Waals surface area (Å²) in [5.41, 5.74) is 3.23. The van der Waals surface area contributed by atoms with Gasteiger partial charge < -0.3 is 10.0 Å². The number of aliphatic hydroxyl groups excluding tert-OH is 1. The molecule has 2 aromatic carbocycles. The van der Waals surface area contributed by atoms with E-state index in [4.69, 9.17) is 0 Å². The van der Waals surface area contributed by atoms with Gasteiger partial charge in [0.15, 0.2) is 0 Å². The van der Waals surface area contributed by atoms with Crippen molar-refractivity contribution >= 4 is 11.4 Å². The zero-order valence-corrected chi connectivity index (χ0v) is 12.1. The third-order valence-electron chi connectivity index (χ3n) is 3.40. The van der Waals surface area contributed by atoms with Gasteiger partial charge in [0, 0.05) is 23.5 Å². The molecule has 20 heavy (non-hydrogen) atoms. The van der Waals surface area contributed by atoms with Crippen molar-refractivity contribution in [1.29, 1.82) is 0 Å². The highest BCUT2D eigenvalue weighted by Crippen LogP contribution is 2.33. The van der Waals surface area contributed by atoms with E-state index in [2.05, 4.69) is 0 Å². The molecule has 0 bridgehead atoms. The fraction of sp³-hybridized carbons (Fsp3) is 0.294. The zero-order valence-electron chi connectivity index (χ0n) is 12.1. The highest BCUT2D eigenvalue weighted by atomic mass is 19.1. The molecule has 0 saturated heterocycles. The molecule has 0 aliphatic heterocycles. The third kappa shape index (κ3) is 2.83. The number of hydrogen-bond donors (Lipinski definition) is 1. The second-order valence-electron chi connectivity index (χ2n) is 4.93. The number of anilines is 2. The van der Waals surface area contributed by atoms with Gasteiger partial charge in [-0.3, -0.25) is 0 Å². The van der Waals surface area contributed by atoms with E-state index < -0.39 is 6.10 Å². The summed E-state index contributed by atoms with van der Waals surface area (Å²) in [7, 11) is 0. The first-order valence-electron chi connectivity index (χ1n) is 6.85. The molecule has 0 spiro atoms. The molecule has 0 aromatic heterocycles. The molecule has 1 unspecified atom stereocenters. The number of halogens is 1. The lowest BCUT2D eigenvalue weighted by atomic mass is 10.1. The predicted molar refractivity (Wildman–Crippen MR) is 80.9 cm³/mol. The largest absolute Gasteiger partial charge is 0.389 e. The van der Waals surface area contributed by atoms with Crippen LogP contribution in [0.3, 0.4) is 0 Å². The van der Waals surface area contributed by atoms with Crippen molar-refractivity contribution < 1.29 is 9.50 Å². The maximum absolute atomic E-state index is 14.0. The smallest absolute Gasteiger partial charge is 0.131 e. The first-order valence-corrected chi connectivity index (χ1v) is 6.85. The molecule has 106 valence electrons. The molecule has 2 aromatic rings. The van der Waals surface area contributed by atoms with Gasteiger partial charge in [0.1, 0.15) is 5.82 Å². The Morgan fingerprint density at radius 1 is 1.15 bits per heavy atom. The van der Waals surface area contributed by atoms with Crippen LogP contribution in [0, 0.1) is 12.7 Å². The summed E-state index contributed by atoms with van der Waals surface area (Å²) in [5.74, 6) is -0.372. The second kappa shape index (κ2) is 6.06. The van der Waals surface area contributed by atoms with Crippen LogP contribution in [0.1, 0.15) is 31.1 Å². The summed E-state index contributed by atoms with van der Waals surface area (Å²) in [6, 6.07) is 13.0. The van der Waals surface area contributed by atoms with Crippen LogP contribution in [-0.2, 0) is 0 Å². The molecule has 3 heteroatoms. The topological polar surface area (TPSA) is 23.5 Å².